The average Bonchev–Trinajstić information content (AvgIpc) is 1.86. The van der Waals surface area contributed by atoms with Gasteiger partial charge in [-0.3, -0.25) is 0 Å². The third-order valence-electron chi connectivity index (χ3n) is 5.38. The Bertz CT molecular complexity index is 233. The van der Waals surface area contributed by atoms with Gasteiger partial charge in [-0.05, 0) is 0 Å². The van der Waals surface area contributed by atoms with Crippen molar-refractivity contribution in [2.75, 3.05) is 46.0 Å². The molecule has 0 saturated carbocycles. The van der Waals surface area contributed by atoms with Crippen molar-refractivity contribution in [1.29, 1.82) is 0 Å². The van der Waals surface area contributed by atoms with Crippen LogP contribution in [0.25, 0.3) is 0 Å². The van der Waals surface area contributed by atoms with Crippen LogP contribution in [0, 0.1) is 0 Å². The summed E-state index contributed by atoms with van der Waals surface area (Å²) in [7, 11) is 0. The van der Waals surface area contributed by atoms with Gasteiger partial charge in [0.05, 0.1) is 0 Å². The molecule has 0 radical (unpaired) electrons. The molecule has 4 rings (SSSR count). The predicted molar refractivity (Wildman–Crippen MR) is 90.1 cm³/mol. The minimum absolute atomic E-state index is 1.30. The van der Waals surface area contributed by atoms with Crippen LogP contribution in [0.3, 0.4) is 0 Å². The first-order valence-electron chi connectivity index (χ1n) is 6.73. The standard InChI is InChI=1S/4C3H5S.Sn/c4*1-2-4-3-1;/h4*1H,2-3H2;. The second kappa shape index (κ2) is 5.19. The third-order valence-corrected chi connectivity index (χ3v) is 38.0. The molecule has 5 heteroatoms. The van der Waals surface area contributed by atoms with Crippen molar-refractivity contribution in [3.8, 4) is 0 Å². The molecule has 4 saturated heterocycles. The molecule has 0 nitrogen and oxygen atoms in total. The Morgan fingerprint density at radius 2 is 0.706 bits per heavy atom. The number of rotatable bonds is 4. The van der Waals surface area contributed by atoms with E-state index in [2.05, 4.69) is 47.0 Å². The van der Waals surface area contributed by atoms with Crippen LogP contribution in [0.4, 0.5) is 0 Å². The molecule has 0 aromatic carbocycles. The van der Waals surface area contributed by atoms with Crippen LogP contribution < -0.4 is 0 Å². The zero-order valence-electron chi connectivity index (χ0n) is 10.1. The molecule has 0 unspecified atom stereocenters. The maximum absolute atomic E-state index is 2.26. The topological polar surface area (TPSA) is 0 Å². The van der Waals surface area contributed by atoms with Crippen LogP contribution in [0.1, 0.15) is 0 Å². The quantitative estimate of drug-likeness (QED) is 0.644. The van der Waals surface area contributed by atoms with Crippen LogP contribution in [0.2, 0.25) is 15.7 Å². The zero-order valence-corrected chi connectivity index (χ0v) is 16.2. The third kappa shape index (κ3) is 1.90. The Labute approximate surface area is 126 Å². The van der Waals surface area contributed by atoms with Crippen LogP contribution in [-0.2, 0) is 0 Å². The van der Waals surface area contributed by atoms with Crippen molar-refractivity contribution >= 4 is 65.4 Å². The monoisotopic (exact) mass is 412 g/mol. The molecule has 0 atom stereocenters. The van der Waals surface area contributed by atoms with Crippen molar-refractivity contribution < 1.29 is 0 Å². The van der Waals surface area contributed by atoms with Gasteiger partial charge in [0.15, 0.2) is 0 Å². The summed E-state index contributed by atoms with van der Waals surface area (Å²) in [5, 5.41) is 0. The van der Waals surface area contributed by atoms with Gasteiger partial charge in [-0.25, -0.2) is 0 Å². The van der Waals surface area contributed by atoms with Gasteiger partial charge in [0.2, 0.25) is 0 Å². The molecule has 4 heterocycles. The van der Waals surface area contributed by atoms with E-state index in [1.807, 2.05) is 0 Å². The van der Waals surface area contributed by atoms with Crippen LogP contribution in [-0.4, -0.2) is 64.4 Å². The Morgan fingerprint density at radius 1 is 0.471 bits per heavy atom. The molecule has 96 valence electrons. The van der Waals surface area contributed by atoms with Crippen LogP contribution in [0.15, 0.2) is 0 Å². The number of thioether (sulfide) groups is 4. The second-order valence-electron chi connectivity index (χ2n) is 5.94. The molecular weight excluding hydrogens is 391 g/mol. The van der Waals surface area contributed by atoms with E-state index in [4.69, 9.17) is 0 Å². The fourth-order valence-electron chi connectivity index (χ4n) is 4.10. The van der Waals surface area contributed by atoms with Crippen molar-refractivity contribution in [3.05, 3.63) is 0 Å². The molecule has 0 aliphatic carbocycles. The van der Waals surface area contributed by atoms with Gasteiger partial charge in [0.25, 0.3) is 0 Å². The molecule has 0 aromatic rings. The fraction of sp³-hybridized carbons (Fsp3) is 1.00. The molecule has 17 heavy (non-hydrogen) atoms. The molecule has 0 spiro atoms. The van der Waals surface area contributed by atoms with E-state index in [-0.39, 0.29) is 0 Å². The summed E-state index contributed by atoms with van der Waals surface area (Å²) in [6.45, 7) is 0. The van der Waals surface area contributed by atoms with Gasteiger partial charge >= 0.3 is 127 Å². The van der Waals surface area contributed by atoms with Gasteiger partial charge in [-0.1, -0.05) is 0 Å². The molecular formula is C12H20S4Sn. The van der Waals surface area contributed by atoms with Gasteiger partial charge in [0.1, 0.15) is 0 Å². The molecule has 4 fully saturated rings. The average molecular weight is 411 g/mol. The van der Waals surface area contributed by atoms with E-state index < -0.39 is 18.4 Å². The van der Waals surface area contributed by atoms with E-state index in [9.17, 15) is 0 Å². The summed E-state index contributed by atoms with van der Waals surface area (Å²) in [6.07, 6.45) is 0. The summed E-state index contributed by atoms with van der Waals surface area (Å²) in [6, 6.07) is 0. The van der Waals surface area contributed by atoms with E-state index in [1.165, 1.54) is 15.7 Å². The van der Waals surface area contributed by atoms with E-state index in [0.29, 0.717) is 0 Å². The first kappa shape index (κ1) is 12.9. The molecule has 4 aliphatic heterocycles. The van der Waals surface area contributed by atoms with E-state index in [0.717, 1.165) is 0 Å². The summed E-state index contributed by atoms with van der Waals surface area (Å²) >= 11 is 7.20. The first-order chi connectivity index (χ1) is 8.42. The summed E-state index contributed by atoms with van der Waals surface area (Å²) in [5.74, 6) is 12.7. The van der Waals surface area contributed by atoms with Crippen molar-refractivity contribution in [3.63, 3.8) is 0 Å². The fourth-order valence-corrected chi connectivity index (χ4v) is 47.6. The first-order valence-corrected chi connectivity index (χ1v) is 17.9. The van der Waals surface area contributed by atoms with E-state index >= 15 is 0 Å². The van der Waals surface area contributed by atoms with Crippen molar-refractivity contribution in [1.82, 2.24) is 0 Å². The summed E-state index contributed by atoms with van der Waals surface area (Å²) in [5.41, 5.74) is 0. The van der Waals surface area contributed by atoms with Crippen LogP contribution >= 0.6 is 47.0 Å². The Balaban J connectivity index is 1.65. The van der Waals surface area contributed by atoms with Crippen molar-refractivity contribution in [2.24, 2.45) is 0 Å². The predicted octanol–water partition coefficient (Wildman–Crippen LogP) is 3.90. The molecule has 0 aromatic heterocycles. The normalized spacial score (nSPS) is 32.5. The van der Waals surface area contributed by atoms with Gasteiger partial charge in [-0.2, -0.15) is 0 Å². The SMILES string of the molecule is C1SC[CH]1[Sn]([CH]1CSC1)([CH]1CSC1)[CH]1CSC1. The Hall–Kier alpha value is 2.20. The van der Waals surface area contributed by atoms with Gasteiger partial charge in [-0.15, -0.1) is 0 Å². The number of hydrogen-bond donors (Lipinski definition) is 0. The Kier molecular flexibility index (Phi) is 3.94. The minimum atomic E-state index is -1.84. The summed E-state index contributed by atoms with van der Waals surface area (Å²) in [4.78, 5) is 0. The van der Waals surface area contributed by atoms with Crippen LogP contribution in [0.5, 0.6) is 0 Å². The molecule has 0 amide bonds. The molecule has 0 bridgehead atoms. The number of hydrogen-bond acceptors (Lipinski definition) is 4. The van der Waals surface area contributed by atoms with E-state index in [1.54, 1.807) is 46.0 Å². The maximum atomic E-state index is 2.26. The molecule has 0 N–H and O–H groups in total. The zero-order chi connectivity index (χ0) is 11.3. The second-order valence-corrected chi connectivity index (χ2v) is 25.3. The molecule has 4 aliphatic rings. The Morgan fingerprint density at radius 3 is 0.824 bits per heavy atom. The van der Waals surface area contributed by atoms with Crippen molar-refractivity contribution in [2.45, 2.75) is 15.7 Å². The summed E-state index contributed by atoms with van der Waals surface area (Å²) < 4.78 is 5.21. The van der Waals surface area contributed by atoms with Gasteiger partial charge in [0, 0.05) is 0 Å². The van der Waals surface area contributed by atoms with Gasteiger partial charge < -0.3 is 0 Å².